The minimum absolute atomic E-state index is 0. The van der Waals surface area contributed by atoms with Crippen molar-refractivity contribution in [1.29, 1.82) is 0 Å². The van der Waals surface area contributed by atoms with Gasteiger partial charge in [-0.25, -0.2) is 13.8 Å². The predicted molar refractivity (Wildman–Crippen MR) is 112 cm³/mol. The van der Waals surface area contributed by atoms with Crippen molar-refractivity contribution in [3.05, 3.63) is 47.0 Å². The Morgan fingerprint density at radius 1 is 1.40 bits per heavy atom. The van der Waals surface area contributed by atoms with Crippen LogP contribution in [0.1, 0.15) is 24.9 Å². The number of nitrogens with one attached hydrogen (secondary N) is 2. The van der Waals surface area contributed by atoms with Crippen LogP contribution in [0.2, 0.25) is 0 Å². The fourth-order valence-corrected chi connectivity index (χ4v) is 3.70. The molecule has 0 saturated heterocycles. The van der Waals surface area contributed by atoms with Crippen LogP contribution in [0.15, 0.2) is 39.1 Å². The summed E-state index contributed by atoms with van der Waals surface area (Å²) in [5.41, 5.74) is 0.402. The molecule has 0 aliphatic rings. The molecule has 138 valence electrons. The van der Waals surface area contributed by atoms with E-state index in [0.717, 1.165) is 29.1 Å². The second-order valence-corrected chi connectivity index (χ2v) is 7.27. The molecule has 1 aromatic carbocycles. The first kappa shape index (κ1) is 22.1. The highest BCUT2D eigenvalue weighted by Crippen LogP contribution is 2.20. The van der Waals surface area contributed by atoms with E-state index in [0.29, 0.717) is 11.5 Å². The lowest BCUT2D eigenvalue weighted by Gasteiger charge is -2.18. The minimum Gasteiger partial charge on any atom is -0.356 e. The Morgan fingerprint density at radius 3 is 2.84 bits per heavy atom. The Bertz CT molecular complexity index is 668. The van der Waals surface area contributed by atoms with E-state index in [2.05, 4.69) is 20.6 Å². The topological polar surface area (TPSA) is 49.3 Å². The van der Waals surface area contributed by atoms with Gasteiger partial charge in [0.1, 0.15) is 16.0 Å². The van der Waals surface area contributed by atoms with E-state index >= 15 is 0 Å². The van der Waals surface area contributed by atoms with Crippen molar-refractivity contribution in [2.24, 2.45) is 4.99 Å². The van der Waals surface area contributed by atoms with Crippen molar-refractivity contribution in [2.45, 2.75) is 23.7 Å². The Hall–Kier alpha value is -0.940. The summed E-state index contributed by atoms with van der Waals surface area (Å²) in [6.45, 7) is 2.55. The Kier molecular flexibility index (Phi) is 10.3. The summed E-state index contributed by atoms with van der Waals surface area (Å²) in [5, 5.41) is 8.26. The van der Waals surface area contributed by atoms with Crippen molar-refractivity contribution >= 4 is 53.0 Å². The van der Waals surface area contributed by atoms with Crippen molar-refractivity contribution in [3.63, 3.8) is 0 Å². The molecule has 0 saturated carbocycles. The van der Waals surface area contributed by atoms with Gasteiger partial charge in [0, 0.05) is 42.6 Å². The van der Waals surface area contributed by atoms with E-state index < -0.39 is 11.6 Å². The third-order valence-corrected chi connectivity index (χ3v) is 5.31. The van der Waals surface area contributed by atoms with Crippen LogP contribution in [-0.2, 0) is 0 Å². The molecule has 25 heavy (non-hydrogen) atoms. The highest BCUT2D eigenvalue weighted by molar-refractivity contribution is 14.0. The quantitative estimate of drug-likeness (QED) is 0.195. The Balaban J connectivity index is 0.00000312. The van der Waals surface area contributed by atoms with Crippen molar-refractivity contribution in [3.8, 4) is 0 Å². The van der Waals surface area contributed by atoms with Crippen molar-refractivity contribution in [2.75, 3.05) is 19.3 Å². The number of nitrogens with zero attached hydrogens (tertiary/aromatic N) is 2. The molecule has 0 aliphatic carbocycles. The largest absolute Gasteiger partial charge is 0.356 e. The van der Waals surface area contributed by atoms with Gasteiger partial charge in [-0.1, -0.05) is 17.8 Å². The maximum atomic E-state index is 13.8. The van der Waals surface area contributed by atoms with Crippen LogP contribution in [0.5, 0.6) is 0 Å². The SMILES string of the molecule is CN=C(NCCCSc1nccs1)NC(C)c1ccc(F)cc1F.I. The molecule has 2 rings (SSSR count). The molecule has 9 heteroatoms. The molecular formula is C16H21F2IN4S2. The van der Waals surface area contributed by atoms with E-state index in [1.807, 2.05) is 12.3 Å². The van der Waals surface area contributed by atoms with Gasteiger partial charge < -0.3 is 10.6 Å². The minimum atomic E-state index is -0.580. The Labute approximate surface area is 171 Å². The van der Waals surface area contributed by atoms with Gasteiger partial charge in [-0.2, -0.15) is 0 Å². The highest BCUT2D eigenvalue weighted by Gasteiger charge is 2.13. The molecule has 1 heterocycles. The third-order valence-electron chi connectivity index (χ3n) is 3.25. The maximum absolute atomic E-state index is 13.8. The zero-order chi connectivity index (χ0) is 17.4. The monoisotopic (exact) mass is 498 g/mol. The van der Waals surface area contributed by atoms with E-state index in [-0.39, 0.29) is 30.0 Å². The molecule has 0 bridgehead atoms. The highest BCUT2D eigenvalue weighted by atomic mass is 127. The van der Waals surface area contributed by atoms with Gasteiger partial charge in [-0.15, -0.1) is 35.3 Å². The summed E-state index contributed by atoms with van der Waals surface area (Å²) in [7, 11) is 1.66. The fraction of sp³-hybridized carbons (Fsp3) is 0.375. The molecule has 0 aliphatic heterocycles. The van der Waals surface area contributed by atoms with Gasteiger partial charge in [0.25, 0.3) is 0 Å². The summed E-state index contributed by atoms with van der Waals surface area (Å²) < 4.78 is 27.8. The summed E-state index contributed by atoms with van der Waals surface area (Å²) in [5.74, 6) is 0.402. The number of hydrogen-bond donors (Lipinski definition) is 2. The lowest BCUT2D eigenvalue weighted by Crippen LogP contribution is -2.39. The van der Waals surface area contributed by atoms with Crippen LogP contribution in [-0.4, -0.2) is 30.3 Å². The predicted octanol–water partition coefficient (Wildman–Crippen LogP) is 4.45. The normalized spacial score (nSPS) is 12.4. The summed E-state index contributed by atoms with van der Waals surface area (Å²) in [4.78, 5) is 8.34. The van der Waals surface area contributed by atoms with Crippen LogP contribution in [0.25, 0.3) is 0 Å². The van der Waals surface area contributed by atoms with Crippen LogP contribution >= 0.6 is 47.1 Å². The van der Waals surface area contributed by atoms with Gasteiger partial charge in [0.05, 0.1) is 6.04 Å². The molecule has 0 spiro atoms. The first-order chi connectivity index (χ1) is 11.6. The zero-order valence-corrected chi connectivity index (χ0v) is 17.9. The molecular weight excluding hydrogens is 477 g/mol. The van der Waals surface area contributed by atoms with E-state index in [1.54, 1.807) is 36.3 Å². The number of hydrogen-bond acceptors (Lipinski definition) is 4. The molecule has 2 N–H and O–H groups in total. The van der Waals surface area contributed by atoms with Crippen LogP contribution < -0.4 is 10.6 Å². The third kappa shape index (κ3) is 7.45. The van der Waals surface area contributed by atoms with Crippen LogP contribution in [0.3, 0.4) is 0 Å². The van der Waals surface area contributed by atoms with Crippen LogP contribution in [0, 0.1) is 11.6 Å². The van der Waals surface area contributed by atoms with Gasteiger partial charge in [-0.3, -0.25) is 4.99 Å². The fourth-order valence-electron chi connectivity index (χ4n) is 2.05. The maximum Gasteiger partial charge on any atom is 0.191 e. The van der Waals surface area contributed by atoms with Crippen molar-refractivity contribution < 1.29 is 8.78 Å². The number of halogens is 3. The lowest BCUT2D eigenvalue weighted by molar-refractivity contribution is 0.551. The number of aliphatic imine (C=N–C) groups is 1. The van der Waals surface area contributed by atoms with Gasteiger partial charge in [-0.05, 0) is 19.4 Å². The molecule has 1 aromatic heterocycles. The average molecular weight is 498 g/mol. The van der Waals surface area contributed by atoms with E-state index in [1.165, 1.54) is 12.1 Å². The summed E-state index contributed by atoms with van der Waals surface area (Å²) in [6, 6.07) is 3.27. The van der Waals surface area contributed by atoms with Crippen LogP contribution in [0.4, 0.5) is 8.78 Å². The second-order valence-electron chi connectivity index (χ2n) is 5.03. The van der Waals surface area contributed by atoms with Gasteiger partial charge >= 0.3 is 0 Å². The number of rotatable bonds is 7. The Morgan fingerprint density at radius 2 is 2.20 bits per heavy atom. The molecule has 0 amide bonds. The summed E-state index contributed by atoms with van der Waals surface area (Å²) in [6.07, 6.45) is 2.75. The molecule has 0 radical (unpaired) electrons. The van der Waals surface area contributed by atoms with Gasteiger partial charge in [0.2, 0.25) is 0 Å². The smallest absolute Gasteiger partial charge is 0.191 e. The van der Waals surface area contributed by atoms with Gasteiger partial charge in [0.15, 0.2) is 5.96 Å². The number of benzene rings is 1. The average Bonchev–Trinajstić information content (AvgIpc) is 3.06. The number of thiazole rings is 1. The molecule has 4 nitrogen and oxygen atoms in total. The number of thioether (sulfide) groups is 1. The molecule has 1 atom stereocenters. The second kappa shape index (κ2) is 11.6. The molecule has 2 aromatic rings. The first-order valence-electron chi connectivity index (χ1n) is 7.54. The first-order valence-corrected chi connectivity index (χ1v) is 9.41. The standard InChI is InChI=1S/C16H20F2N4S2.HI/c1-11(13-5-4-12(17)10-14(13)18)22-15(19-2)20-6-3-8-23-16-21-7-9-24-16;/h4-5,7,9-11H,3,6,8H2,1-2H3,(H2,19,20,22);1H. The molecule has 0 fully saturated rings. The lowest BCUT2D eigenvalue weighted by atomic mass is 10.1. The van der Waals surface area contributed by atoms with Crippen molar-refractivity contribution in [1.82, 2.24) is 15.6 Å². The summed E-state index contributed by atoms with van der Waals surface area (Å²) >= 11 is 3.36. The number of guanidine groups is 1. The van der Waals surface area contributed by atoms with E-state index in [4.69, 9.17) is 0 Å². The van der Waals surface area contributed by atoms with E-state index in [9.17, 15) is 8.78 Å². The zero-order valence-electron chi connectivity index (χ0n) is 14.0. The molecule has 1 unspecified atom stereocenters. The number of aromatic nitrogens is 1.